The zero-order chi connectivity index (χ0) is 12.4. The highest BCUT2D eigenvalue weighted by molar-refractivity contribution is 9.10. The summed E-state index contributed by atoms with van der Waals surface area (Å²) >= 11 is 5.25. The van der Waals surface area contributed by atoms with Crippen molar-refractivity contribution in [1.82, 2.24) is 0 Å². The molecule has 2 aromatic carbocycles. The first-order valence-corrected chi connectivity index (χ1v) is 7.34. The minimum atomic E-state index is 0.604. The van der Waals surface area contributed by atoms with Gasteiger partial charge in [0.05, 0.1) is 4.47 Å². The Hall–Kier alpha value is -1.32. The van der Waals surface area contributed by atoms with Crippen LogP contribution < -0.4 is 4.74 Å². The number of rotatable bonds is 3. The Morgan fingerprint density at radius 1 is 1.00 bits per heavy atom. The van der Waals surface area contributed by atoms with Crippen LogP contribution in [0.3, 0.4) is 0 Å². The normalized spacial score (nSPS) is 10.7. The number of thiophene rings is 1. The molecule has 0 aliphatic carbocycles. The van der Waals surface area contributed by atoms with Crippen molar-refractivity contribution in [3.05, 3.63) is 63.9 Å². The van der Waals surface area contributed by atoms with Crippen molar-refractivity contribution in [1.29, 1.82) is 0 Å². The molecule has 3 heteroatoms. The predicted octanol–water partition coefficient (Wildman–Crippen LogP) is 5.24. The first-order valence-electron chi connectivity index (χ1n) is 5.67. The van der Waals surface area contributed by atoms with Gasteiger partial charge in [0, 0.05) is 10.3 Å². The summed E-state index contributed by atoms with van der Waals surface area (Å²) in [7, 11) is 0. The third-order valence-corrected chi connectivity index (χ3v) is 4.45. The SMILES string of the molecule is Brc1ccccc1OCc1csc2ccccc12. The zero-order valence-corrected chi connectivity index (χ0v) is 12.0. The number of benzene rings is 2. The van der Waals surface area contributed by atoms with Crippen LogP contribution in [0.15, 0.2) is 58.4 Å². The smallest absolute Gasteiger partial charge is 0.133 e. The van der Waals surface area contributed by atoms with Gasteiger partial charge in [-0.2, -0.15) is 0 Å². The lowest BCUT2D eigenvalue weighted by Crippen LogP contribution is -1.94. The molecule has 0 N–H and O–H groups in total. The van der Waals surface area contributed by atoms with Crippen molar-refractivity contribution in [2.75, 3.05) is 0 Å². The molecule has 18 heavy (non-hydrogen) atoms. The van der Waals surface area contributed by atoms with Crippen LogP contribution in [0, 0.1) is 0 Å². The molecule has 0 atom stereocenters. The van der Waals surface area contributed by atoms with E-state index in [4.69, 9.17) is 4.74 Å². The third kappa shape index (κ3) is 2.28. The van der Waals surface area contributed by atoms with Crippen molar-refractivity contribution in [2.24, 2.45) is 0 Å². The molecule has 0 amide bonds. The summed E-state index contributed by atoms with van der Waals surface area (Å²) in [6.07, 6.45) is 0. The zero-order valence-electron chi connectivity index (χ0n) is 9.60. The van der Waals surface area contributed by atoms with Crippen molar-refractivity contribution in [2.45, 2.75) is 6.61 Å². The molecule has 3 aromatic rings. The molecular formula is C15H11BrOS. The van der Waals surface area contributed by atoms with E-state index in [-0.39, 0.29) is 0 Å². The summed E-state index contributed by atoms with van der Waals surface area (Å²) in [5, 5.41) is 3.45. The van der Waals surface area contributed by atoms with Gasteiger partial charge in [-0.25, -0.2) is 0 Å². The Kier molecular flexibility index (Phi) is 3.35. The van der Waals surface area contributed by atoms with E-state index < -0.39 is 0 Å². The fourth-order valence-electron chi connectivity index (χ4n) is 1.86. The largest absolute Gasteiger partial charge is 0.488 e. The molecule has 1 aromatic heterocycles. The van der Waals surface area contributed by atoms with Crippen LogP contribution in [-0.4, -0.2) is 0 Å². The fraction of sp³-hybridized carbons (Fsp3) is 0.0667. The molecular weight excluding hydrogens is 308 g/mol. The lowest BCUT2D eigenvalue weighted by molar-refractivity contribution is 0.306. The van der Waals surface area contributed by atoms with Gasteiger partial charge in [-0.3, -0.25) is 0 Å². The first kappa shape index (κ1) is 11.8. The lowest BCUT2D eigenvalue weighted by Gasteiger charge is -2.07. The Morgan fingerprint density at radius 2 is 1.78 bits per heavy atom. The van der Waals surface area contributed by atoms with Crippen molar-refractivity contribution < 1.29 is 4.74 Å². The second-order valence-electron chi connectivity index (χ2n) is 3.98. The summed E-state index contributed by atoms with van der Waals surface area (Å²) in [6, 6.07) is 16.3. The molecule has 0 bridgehead atoms. The van der Waals surface area contributed by atoms with Crippen LogP contribution in [0.25, 0.3) is 10.1 Å². The highest BCUT2D eigenvalue weighted by Crippen LogP contribution is 2.29. The van der Waals surface area contributed by atoms with Crippen molar-refractivity contribution in [3.8, 4) is 5.75 Å². The maximum absolute atomic E-state index is 5.85. The van der Waals surface area contributed by atoms with Crippen LogP contribution in [0.4, 0.5) is 0 Å². The lowest BCUT2D eigenvalue weighted by atomic mass is 10.2. The Morgan fingerprint density at radius 3 is 2.67 bits per heavy atom. The Bertz CT molecular complexity index is 675. The van der Waals surface area contributed by atoms with Crippen molar-refractivity contribution >= 4 is 37.4 Å². The average Bonchev–Trinajstić information content (AvgIpc) is 2.81. The topological polar surface area (TPSA) is 9.23 Å². The van der Waals surface area contributed by atoms with E-state index in [1.807, 2.05) is 24.3 Å². The van der Waals surface area contributed by atoms with Gasteiger partial charge in [-0.1, -0.05) is 30.3 Å². The molecule has 0 fully saturated rings. The highest BCUT2D eigenvalue weighted by Gasteiger charge is 2.05. The molecule has 0 spiro atoms. The summed E-state index contributed by atoms with van der Waals surface area (Å²) < 4.78 is 8.15. The fourth-order valence-corrected chi connectivity index (χ4v) is 3.21. The highest BCUT2D eigenvalue weighted by atomic mass is 79.9. The van der Waals surface area contributed by atoms with Gasteiger partial charge in [0.2, 0.25) is 0 Å². The second kappa shape index (κ2) is 5.12. The van der Waals surface area contributed by atoms with Crippen molar-refractivity contribution in [3.63, 3.8) is 0 Å². The second-order valence-corrected chi connectivity index (χ2v) is 5.74. The maximum Gasteiger partial charge on any atom is 0.133 e. The predicted molar refractivity (Wildman–Crippen MR) is 80.3 cm³/mol. The van der Waals surface area contributed by atoms with Gasteiger partial charge in [0.15, 0.2) is 0 Å². The van der Waals surface area contributed by atoms with E-state index in [9.17, 15) is 0 Å². The minimum Gasteiger partial charge on any atom is -0.488 e. The molecule has 0 saturated carbocycles. The molecule has 0 aliphatic rings. The molecule has 0 saturated heterocycles. The molecule has 1 heterocycles. The van der Waals surface area contributed by atoms with Gasteiger partial charge in [0.25, 0.3) is 0 Å². The quantitative estimate of drug-likeness (QED) is 0.641. The first-order chi connectivity index (χ1) is 8.84. The number of para-hydroxylation sites is 1. The van der Waals surface area contributed by atoms with Crippen LogP contribution in [0.2, 0.25) is 0 Å². The van der Waals surface area contributed by atoms with E-state index in [2.05, 4.69) is 45.6 Å². The van der Waals surface area contributed by atoms with Gasteiger partial charge < -0.3 is 4.74 Å². The number of ether oxygens (including phenoxy) is 1. The van der Waals surface area contributed by atoms with E-state index in [0.717, 1.165) is 10.2 Å². The van der Waals surface area contributed by atoms with Crippen LogP contribution >= 0.6 is 27.3 Å². The molecule has 90 valence electrons. The van der Waals surface area contributed by atoms with Crippen LogP contribution in [-0.2, 0) is 6.61 Å². The van der Waals surface area contributed by atoms with E-state index >= 15 is 0 Å². The molecule has 3 rings (SSSR count). The minimum absolute atomic E-state index is 0.604. The van der Waals surface area contributed by atoms with E-state index in [1.54, 1.807) is 11.3 Å². The van der Waals surface area contributed by atoms with Gasteiger partial charge in [-0.15, -0.1) is 11.3 Å². The standard InChI is InChI=1S/C15H11BrOS/c16-13-6-2-3-7-14(13)17-9-11-10-18-15-8-4-1-5-12(11)15/h1-8,10H,9H2. The number of fused-ring (bicyclic) bond motifs is 1. The van der Waals surface area contributed by atoms with Crippen LogP contribution in [0.5, 0.6) is 5.75 Å². The maximum atomic E-state index is 5.85. The summed E-state index contributed by atoms with van der Waals surface area (Å²) in [4.78, 5) is 0. The van der Waals surface area contributed by atoms with E-state index in [1.165, 1.54) is 15.6 Å². The number of hydrogen-bond donors (Lipinski definition) is 0. The molecule has 0 aliphatic heterocycles. The van der Waals surface area contributed by atoms with Gasteiger partial charge in [0.1, 0.15) is 12.4 Å². The number of hydrogen-bond acceptors (Lipinski definition) is 2. The summed E-state index contributed by atoms with van der Waals surface area (Å²) in [6.45, 7) is 0.604. The summed E-state index contributed by atoms with van der Waals surface area (Å²) in [5.74, 6) is 0.882. The van der Waals surface area contributed by atoms with Gasteiger partial charge >= 0.3 is 0 Å². The third-order valence-electron chi connectivity index (χ3n) is 2.78. The van der Waals surface area contributed by atoms with Crippen LogP contribution in [0.1, 0.15) is 5.56 Å². The molecule has 0 unspecified atom stereocenters. The van der Waals surface area contributed by atoms with E-state index in [0.29, 0.717) is 6.61 Å². The number of halogens is 1. The summed E-state index contributed by atoms with van der Waals surface area (Å²) in [5.41, 5.74) is 1.24. The van der Waals surface area contributed by atoms with Gasteiger partial charge in [-0.05, 0) is 44.9 Å². The Labute approximate surface area is 118 Å². The monoisotopic (exact) mass is 318 g/mol. The molecule has 0 radical (unpaired) electrons. The molecule has 1 nitrogen and oxygen atoms in total. The Balaban J connectivity index is 1.83. The average molecular weight is 319 g/mol.